The van der Waals surface area contributed by atoms with E-state index in [0.717, 1.165) is 5.92 Å². The summed E-state index contributed by atoms with van der Waals surface area (Å²) in [6, 6.07) is 0. The van der Waals surface area contributed by atoms with Crippen molar-refractivity contribution in [3.63, 3.8) is 0 Å². The molecule has 0 radical (unpaired) electrons. The molecule has 1 heterocycles. The van der Waals surface area contributed by atoms with Gasteiger partial charge in [0, 0.05) is 6.54 Å². The summed E-state index contributed by atoms with van der Waals surface area (Å²) >= 11 is 0. The number of hydrogen-bond acceptors (Lipinski definition) is 1. The Balaban J connectivity index is 2.07. The molecule has 1 heteroatoms. The van der Waals surface area contributed by atoms with Gasteiger partial charge in [-0.1, -0.05) is 20.8 Å². The maximum absolute atomic E-state index is 2.52. The summed E-state index contributed by atoms with van der Waals surface area (Å²) < 4.78 is 0. The van der Waals surface area contributed by atoms with E-state index in [4.69, 9.17) is 0 Å². The molecule has 2 atom stereocenters. The van der Waals surface area contributed by atoms with Crippen molar-refractivity contribution in [3.05, 3.63) is 0 Å². The van der Waals surface area contributed by atoms with E-state index in [1.54, 1.807) is 0 Å². The second-order valence-electron chi connectivity index (χ2n) is 6.47. The zero-order valence-electron chi connectivity index (χ0n) is 10.3. The first-order chi connectivity index (χ1) is 6.46. The Hall–Kier alpha value is -0.0400. The summed E-state index contributed by atoms with van der Waals surface area (Å²) in [7, 11) is 2.28. The largest absolute Gasteiger partial charge is 0.306 e. The van der Waals surface area contributed by atoms with Gasteiger partial charge in [0.1, 0.15) is 0 Å². The fraction of sp³-hybridized carbons (Fsp3) is 1.00. The predicted molar refractivity (Wildman–Crippen MR) is 61.3 cm³/mol. The lowest BCUT2D eigenvalue weighted by Gasteiger charge is -2.32. The van der Waals surface area contributed by atoms with Gasteiger partial charge < -0.3 is 4.90 Å². The van der Waals surface area contributed by atoms with Crippen molar-refractivity contribution in [2.24, 2.45) is 16.7 Å². The van der Waals surface area contributed by atoms with Crippen LogP contribution in [0.1, 0.15) is 46.5 Å². The molecular weight excluding hydrogens is 170 g/mol. The van der Waals surface area contributed by atoms with Crippen molar-refractivity contribution in [3.8, 4) is 0 Å². The summed E-state index contributed by atoms with van der Waals surface area (Å²) in [5, 5.41) is 0. The highest BCUT2D eigenvalue weighted by molar-refractivity contribution is 5.00. The Morgan fingerprint density at radius 1 is 1.14 bits per heavy atom. The fourth-order valence-electron chi connectivity index (χ4n) is 3.58. The summed E-state index contributed by atoms with van der Waals surface area (Å²) in [4.78, 5) is 2.52. The Morgan fingerprint density at radius 3 is 2.29 bits per heavy atom. The third kappa shape index (κ3) is 1.60. The van der Waals surface area contributed by atoms with Crippen LogP contribution >= 0.6 is 0 Å². The SMILES string of the molecule is CC(C)C1(C)CCC2(CCN(C)C2)C1. The number of hydrogen-bond donors (Lipinski definition) is 0. The lowest BCUT2D eigenvalue weighted by atomic mass is 9.74. The molecule has 1 aliphatic carbocycles. The topological polar surface area (TPSA) is 3.24 Å². The molecular formula is C13H25N. The van der Waals surface area contributed by atoms with Crippen LogP contribution in [0, 0.1) is 16.7 Å². The van der Waals surface area contributed by atoms with E-state index in [1.165, 1.54) is 38.8 Å². The molecule has 1 spiro atoms. The minimum Gasteiger partial charge on any atom is -0.306 e. The minimum absolute atomic E-state index is 0.630. The van der Waals surface area contributed by atoms with E-state index < -0.39 is 0 Å². The molecule has 14 heavy (non-hydrogen) atoms. The van der Waals surface area contributed by atoms with Crippen LogP contribution in [0.5, 0.6) is 0 Å². The summed E-state index contributed by atoms with van der Waals surface area (Å²) in [6.07, 6.45) is 5.86. The molecule has 0 amide bonds. The van der Waals surface area contributed by atoms with Gasteiger partial charge in [0.25, 0.3) is 0 Å². The molecule has 0 N–H and O–H groups in total. The summed E-state index contributed by atoms with van der Waals surface area (Å²) in [6.45, 7) is 9.99. The van der Waals surface area contributed by atoms with Gasteiger partial charge in [0.2, 0.25) is 0 Å². The molecule has 2 fully saturated rings. The highest BCUT2D eigenvalue weighted by Crippen LogP contribution is 2.56. The maximum Gasteiger partial charge on any atom is 0.00356 e. The van der Waals surface area contributed by atoms with Crippen LogP contribution in [0.15, 0.2) is 0 Å². The molecule has 1 nitrogen and oxygen atoms in total. The smallest absolute Gasteiger partial charge is 0.00356 e. The van der Waals surface area contributed by atoms with Gasteiger partial charge in [0.05, 0.1) is 0 Å². The van der Waals surface area contributed by atoms with Crippen molar-refractivity contribution < 1.29 is 0 Å². The molecule has 1 saturated heterocycles. The zero-order valence-corrected chi connectivity index (χ0v) is 10.3. The van der Waals surface area contributed by atoms with Crippen molar-refractivity contribution in [2.75, 3.05) is 20.1 Å². The van der Waals surface area contributed by atoms with E-state index in [2.05, 4.69) is 32.7 Å². The van der Waals surface area contributed by atoms with Gasteiger partial charge in [-0.25, -0.2) is 0 Å². The highest BCUT2D eigenvalue weighted by Gasteiger charge is 2.49. The van der Waals surface area contributed by atoms with Gasteiger partial charge in [-0.3, -0.25) is 0 Å². The minimum atomic E-state index is 0.630. The molecule has 82 valence electrons. The van der Waals surface area contributed by atoms with Crippen LogP contribution in [-0.2, 0) is 0 Å². The second kappa shape index (κ2) is 3.23. The normalized spacial score (nSPS) is 44.4. The Morgan fingerprint density at radius 2 is 1.86 bits per heavy atom. The van der Waals surface area contributed by atoms with Gasteiger partial charge in [0.15, 0.2) is 0 Å². The molecule has 2 unspecified atom stereocenters. The molecule has 0 aromatic carbocycles. The van der Waals surface area contributed by atoms with Gasteiger partial charge in [-0.05, 0) is 56.0 Å². The van der Waals surface area contributed by atoms with E-state index in [1.807, 2.05) is 0 Å². The molecule has 1 aliphatic heterocycles. The molecule has 0 bridgehead atoms. The molecule has 2 rings (SSSR count). The first-order valence-corrected chi connectivity index (χ1v) is 6.14. The third-order valence-corrected chi connectivity index (χ3v) is 5.03. The fourth-order valence-corrected chi connectivity index (χ4v) is 3.58. The third-order valence-electron chi connectivity index (χ3n) is 5.03. The van der Waals surface area contributed by atoms with Crippen LogP contribution in [0.2, 0.25) is 0 Å². The maximum atomic E-state index is 2.52. The van der Waals surface area contributed by atoms with E-state index in [9.17, 15) is 0 Å². The van der Waals surface area contributed by atoms with Crippen molar-refractivity contribution in [1.82, 2.24) is 4.90 Å². The van der Waals surface area contributed by atoms with Crippen molar-refractivity contribution in [2.45, 2.75) is 46.5 Å². The standard InChI is InChI=1S/C13H25N/c1-11(2)12(3)5-6-13(9-12)7-8-14(4)10-13/h11H,5-10H2,1-4H3. The quantitative estimate of drug-likeness (QED) is 0.621. The van der Waals surface area contributed by atoms with Crippen LogP contribution in [0.3, 0.4) is 0 Å². The first-order valence-electron chi connectivity index (χ1n) is 6.14. The Bertz CT molecular complexity index is 223. The summed E-state index contributed by atoms with van der Waals surface area (Å²) in [5.41, 5.74) is 1.33. The van der Waals surface area contributed by atoms with Crippen molar-refractivity contribution >= 4 is 0 Å². The number of nitrogens with zero attached hydrogens (tertiary/aromatic N) is 1. The van der Waals surface area contributed by atoms with Crippen LogP contribution < -0.4 is 0 Å². The van der Waals surface area contributed by atoms with E-state index >= 15 is 0 Å². The molecule has 0 aromatic rings. The summed E-state index contributed by atoms with van der Waals surface area (Å²) in [5.74, 6) is 0.854. The van der Waals surface area contributed by atoms with Gasteiger partial charge >= 0.3 is 0 Å². The van der Waals surface area contributed by atoms with E-state index in [-0.39, 0.29) is 0 Å². The van der Waals surface area contributed by atoms with Crippen LogP contribution in [-0.4, -0.2) is 25.0 Å². The molecule has 2 aliphatic rings. The molecule has 1 saturated carbocycles. The first kappa shape index (κ1) is 10.5. The average Bonchev–Trinajstić information content (AvgIpc) is 2.60. The lowest BCUT2D eigenvalue weighted by molar-refractivity contribution is 0.184. The number of rotatable bonds is 1. The van der Waals surface area contributed by atoms with Crippen molar-refractivity contribution in [1.29, 1.82) is 0 Å². The number of likely N-dealkylation sites (tertiary alicyclic amines) is 1. The Labute approximate surface area is 88.9 Å². The lowest BCUT2D eigenvalue weighted by Crippen LogP contribution is -2.26. The Kier molecular flexibility index (Phi) is 2.42. The zero-order chi connectivity index (χ0) is 10.4. The second-order valence-corrected chi connectivity index (χ2v) is 6.47. The van der Waals surface area contributed by atoms with Gasteiger partial charge in [-0.15, -0.1) is 0 Å². The predicted octanol–water partition coefficient (Wildman–Crippen LogP) is 3.15. The van der Waals surface area contributed by atoms with Crippen LogP contribution in [0.4, 0.5) is 0 Å². The van der Waals surface area contributed by atoms with E-state index in [0.29, 0.717) is 10.8 Å². The van der Waals surface area contributed by atoms with Gasteiger partial charge in [-0.2, -0.15) is 0 Å². The highest BCUT2D eigenvalue weighted by atomic mass is 15.1. The monoisotopic (exact) mass is 195 g/mol. The molecule has 0 aromatic heterocycles. The average molecular weight is 195 g/mol. The van der Waals surface area contributed by atoms with Crippen LogP contribution in [0.25, 0.3) is 0 Å².